The van der Waals surface area contributed by atoms with Gasteiger partial charge < -0.3 is 5.32 Å². The lowest BCUT2D eigenvalue weighted by atomic mass is 9.94. The normalized spacial score (nSPS) is 34.2. The van der Waals surface area contributed by atoms with Crippen molar-refractivity contribution < 1.29 is 0 Å². The Kier molecular flexibility index (Phi) is 4.02. The second-order valence-corrected chi connectivity index (χ2v) is 6.39. The molecule has 98 valence electrons. The zero-order valence-electron chi connectivity index (χ0n) is 11.2. The van der Waals surface area contributed by atoms with Gasteiger partial charge in [-0.15, -0.1) is 0 Å². The minimum atomic E-state index is 0.828. The Bertz CT molecular complexity index is 229. The predicted molar refractivity (Wildman–Crippen MR) is 72.2 cm³/mol. The topological polar surface area (TPSA) is 15.3 Å². The standard InChI is InChI=1S/C15H28N2/c1-2-4-6-14(7-5-3-1)17-11-10-16-15(12-17)13-8-9-13/h13-16H,1-12H2. The van der Waals surface area contributed by atoms with Gasteiger partial charge in [0.2, 0.25) is 0 Å². The Morgan fingerprint density at radius 2 is 1.53 bits per heavy atom. The van der Waals surface area contributed by atoms with E-state index >= 15 is 0 Å². The summed E-state index contributed by atoms with van der Waals surface area (Å²) in [4.78, 5) is 2.82. The van der Waals surface area contributed by atoms with E-state index in [1.807, 2.05) is 0 Å². The van der Waals surface area contributed by atoms with E-state index in [1.165, 1.54) is 77.4 Å². The Morgan fingerprint density at radius 1 is 0.824 bits per heavy atom. The molecule has 2 nitrogen and oxygen atoms in total. The van der Waals surface area contributed by atoms with Crippen molar-refractivity contribution in [3.63, 3.8) is 0 Å². The number of hydrogen-bond acceptors (Lipinski definition) is 2. The highest BCUT2D eigenvalue weighted by Gasteiger charge is 2.35. The molecule has 1 heterocycles. The fourth-order valence-corrected chi connectivity index (χ4v) is 3.75. The summed E-state index contributed by atoms with van der Waals surface area (Å²) < 4.78 is 0. The van der Waals surface area contributed by atoms with E-state index in [4.69, 9.17) is 0 Å². The molecule has 0 spiro atoms. The van der Waals surface area contributed by atoms with Crippen molar-refractivity contribution >= 4 is 0 Å². The molecule has 2 saturated carbocycles. The maximum atomic E-state index is 3.74. The molecule has 17 heavy (non-hydrogen) atoms. The summed E-state index contributed by atoms with van der Waals surface area (Å²) in [6.45, 7) is 3.88. The van der Waals surface area contributed by atoms with Crippen LogP contribution >= 0.6 is 0 Å². The number of rotatable bonds is 2. The quantitative estimate of drug-likeness (QED) is 0.793. The Balaban J connectivity index is 1.53. The van der Waals surface area contributed by atoms with Gasteiger partial charge in [-0.05, 0) is 31.6 Å². The molecule has 0 radical (unpaired) electrons. The van der Waals surface area contributed by atoms with Crippen molar-refractivity contribution in [3.05, 3.63) is 0 Å². The second-order valence-electron chi connectivity index (χ2n) is 6.39. The van der Waals surface area contributed by atoms with Crippen LogP contribution in [0, 0.1) is 5.92 Å². The van der Waals surface area contributed by atoms with Gasteiger partial charge in [0.15, 0.2) is 0 Å². The Labute approximate surface area is 106 Å². The third kappa shape index (κ3) is 3.23. The van der Waals surface area contributed by atoms with E-state index in [1.54, 1.807) is 0 Å². The van der Waals surface area contributed by atoms with Gasteiger partial charge in [-0.2, -0.15) is 0 Å². The fraction of sp³-hybridized carbons (Fsp3) is 1.00. The van der Waals surface area contributed by atoms with Crippen molar-refractivity contribution in [1.29, 1.82) is 0 Å². The van der Waals surface area contributed by atoms with Gasteiger partial charge in [0, 0.05) is 31.7 Å². The van der Waals surface area contributed by atoms with E-state index in [0.29, 0.717) is 0 Å². The zero-order chi connectivity index (χ0) is 11.5. The van der Waals surface area contributed by atoms with Gasteiger partial charge in [0.25, 0.3) is 0 Å². The van der Waals surface area contributed by atoms with Gasteiger partial charge in [0.05, 0.1) is 0 Å². The second kappa shape index (κ2) is 5.71. The van der Waals surface area contributed by atoms with E-state index in [2.05, 4.69) is 10.2 Å². The predicted octanol–water partition coefficient (Wildman–Crippen LogP) is 2.78. The Hall–Kier alpha value is -0.0800. The first-order chi connectivity index (χ1) is 8.43. The molecular formula is C15H28N2. The molecule has 2 aliphatic carbocycles. The van der Waals surface area contributed by atoms with Gasteiger partial charge in [0.1, 0.15) is 0 Å². The summed E-state index contributed by atoms with van der Waals surface area (Å²) in [6.07, 6.45) is 13.3. The van der Waals surface area contributed by atoms with Gasteiger partial charge in [-0.3, -0.25) is 4.90 Å². The zero-order valence-corrected chi connectivity index (χ0v) is 11.2. The number of hydrogen-bond donors (Lipinski definition) is 1. The molecule has 3 rings (SSSR count). The average molecular weight is 236 g/mol. The van der Waals surface area contributed by atoms with Crippen LogP contribution in [0.15, 0.2) is 0 Å². The van der Waals surface area contributed by atoms with E-state index in [9.17, 15) is 0 Å². The monoisotopic (exact) mass is 236 g/mol. The third-order valence-electron chi connectivity index (χ3n) is 5.02. The first-order valence-corrected chi connectivity index (χ1v) is 7.91. The largest absolute Gasteiger partial charge is 0.311 e. The van der Waals surface area contributed by atoms with Crippen LogP contribution in [-0.4, -0.2) is 36.6 Å². The molecule has 0 aromatic heterocycles. The van der Waals surface area contributed by atoms with Gasteiger partial charge in [-0.1, -0.05) is 32.1 Å². The van der Waals surface area contributed by atoms with Crippen LogP contribution in [0.3, 0.4) is 0 Å². The van der Waals surface area contributed by atoms with Gasteiger partial charge in [-0.25, -0.2) is 0 Å². The van der Waals surface area contributed by atoms with Crippen molar-refractivity contribution in [3.8, 4) is 0 Å². The van der Waals surface area contributed by atoms with Crippen molar-refractivity contribution in [2.75, 3.05) is 19.6 Å². The lowest BCUT2D eigenvalue weighted by molar-refractivity contribution is 0.116. The Morgan fingerprint density at radius 3 is 2.24 bits per heavy atom. The molecule has 1 unspecified atom stereocenters. The third-order valence-corrected chi connectivity index (χ3v) is 5.02. The maximum Gasteiger partial charge on any atom is 0.0223 e. The molecule has 0 bridgehead atoms. The minimum absolute atomic E-state index is 0.828. The number of nitrogens with one attached hydrogen (secondary N) is 1. The molecule has 1 saturated heterocycles. The summed E-state index contributed by atoms with van der Waals surface area (Å²) in [6, 6.07) is 1.74. The van der Waals surface area contributed by atoms with Crippen molar-refractivity contribution in [2.45, 2.75) is 69.9 Å². The van der Waals surface area contributed by atoms with Crippen LogP contribution in [0.4, 0.5) is 0 Å². The minimum Gasteiger partial charge on any atom is -0.311 e. The van der Waals surface area contributed by atoms with E-state index in [-0.39, 0.29) is 0 Å². The highest BCUT2D eigenvalue weighted by Crippen LogP contribution is 2.34. The average Bonchev–Trinajstić information content (AvgIpc) is 3.12. The summed E-state index contributed by atoms with van der Waals surface area (Å²) in [7, 11) is 0. The van der Waals surface area contributed by atoms with Crippen LogP contribution in [0.5, 0.6) is 0 Å². The molecule has 0 aromatic rings. The van der Waals surface area contributed by atoms with E-state index in [0.717, 1.165) is 18.0 Å². The number of nitrogens with zero attached hydrogens (tertiary/aromatic N) is 1. The molecular weight excluding hydrogens is 208 g/mol. The first-order valence-electron chi connectivity index (χ1n) is 7.91. The van der Waals surface area contributed by atoms with E-state index < -0.39 is 0 Å². The van der Waals surface area contributed by atoms with Crippen LogP contribution in [0.25, 0.3) is 0 Å². The van der Waals surface area contributed by atoms with Crippen LogP contribution in [0.1, 0.15) is 57.8 Å². The molecule has 3 fully saturated rings. The summed E-state index contributed by atoms with van der Waals surface area (Å²) in [5.74, 6) is 1.02. The summed E-state index contributed by atoms with van der Waals surface area (Å²) in [5, 5.41) is 3.74. The van der Waals surface area contributed by atoms with Crippen LogP contribution in [-0.2, 0) is 0 Å². The molecule has 1 aliphatic heterocycles. The fourth-order valence-electron chi connectivity index (χ4n) is 3.75. The molecule has 2 heteroatoms. The smallest absolute Gasteiger partial charge is 0.0223 e. The first kappa shape index (κ1) is 12.0. The lowest BCUT2D eigenvalue weighted by Crippen LogP contribution is -2.54. The molecule has 1 atom stereocenters. The van der Waals surface area contributed by atoms with Crippen LogP contribution in [0.2, 0.25) is 0 Å². The molecule has 1 N–H and O–H groups in total. The summed E-state index contributed by atoms with van der Waals surface area (Å²) >= 11 is 0. The highest BCUT2D eigenvalue weighted by atomic mass is 15.2. The number of piperazine rings is 1. The van der Waals surface area contributed by atoms with Crippen LogP contribution < -0.4 is 5.32 Å². The lowest BCUT2D eigenvalue weighted by Gasteiger charge is -2.40. The highest BCUT2D eigenvalue weighted by molar-refractivity contribution is 4.92. The SMILES string of the molecule is C1CCCC(N2CCNC(C3CC3)C2)CCC1. The van der Waals surface area contributed by atoms with Crippen molar-refractivity contribution in [2.24, 2.45) is 5.92 Å². The maximum absolute atomic E-state index is 3.74. The molecule has 0 aromatic carbocycles. The van der Waals surface area contributed by atoms with Crippen molar-refractivity contribution in [1.82, 2.24) is 10.2 Å². The van der Waals surface area contributed by atoms with Gasteiger partial charge >= 0.3 is 0 Å². The summed E-state index contributed by atoms with van der Waals surface area (Å²) in [5.41, 5.74) is 0. The molecule has 3 aliphatic rings. The molecule has 0 amide bonds.